The zero-order valence-electron chi connectivity index (χ0n) is 19.9. The van der Waals surface area contributed by atoms with Gasteiger partial charge >= 0.3 is 0 Å². The molecule has 8 nitrogen and oxygen atoms in total. The molecule has 2 saturated heterocycles. The number of nitrogens with one attached hydrogen (secondary N) is 1. The molecule has 2 aromatic carbocycles. The van der Waals surface area contributed by atoms with Crippen LogP contribution in [0.15, 0.2) is 59.5 Å². The van der Waals surface area contributed by atoms with E-state index in [2.05, 4.69) is 5.32 Å². The summed E-state index contributed by atoms with van der Waals surface area (Å²) >= 11 is 0. The van der Waals surface area contributed by atoms with Crippen molar-refractivity contribution >= 4 is 33.6 Å². The van der Waals surface area contributed by atoms with Crippen molar-refractivity contribution in [1.82, 2.24) is 9.21 Å². The first-order chi connectivity index (χ1) is 16.8. The lowest BCUT2D eigenvalue weighted by atomic mass is 9.95. The van der Waals surface area contributed by atoms with Gasteiger partial charge in [-0.1, -0.05) is 36.4 Å². The van der Waals surface area contributed by atoms with Gasteiger partial charge in [-0.2, -0.15) is 4.31 Å². The molecule has 0 bridgehead atoms. The Balaban J connectivity index is 1.35. The molecule has 0 saturated carbocycles. The standard InChI is InChI=1S/C26H31N3O5S/c1-20-7-9-23(35(32,33)29-15-17-34-18-16-29)19-24(20)27-26(31)22-11-13-28(14-12-22)25(30)10-8-21-5-3-2-4-6-21/h2-10,19,22H,11-18H2,1H3,(H,27,31). The zero-order chi connectivity index (χ0) is 24.8. The predicted molar refractivity (Wildman–Crippen MR) is 134 cm³/mol. The van der Waals surface area contributed by atoms with Crippen molar-refractivity contribution in [2.75, 3.05) is 44.7 Å². The second kappa shape index (κ2) is 11.2. The van der Waals surface area contributed by atoms with Crippen LogP contribution in [0.3, 0.4) is 0 Å². The highest BCUT2D eigenvalue weighted by molar-refractivity contribution is 7.89. The van der Waals surface area contributed by atoms with E-state index in [0.717, 1.165) is 11.1 Å². The van der Waals surface area contributed by atoms with Crippen molar-refractivity contribution in [2.45, 2.75) is 24.7 Å². The fraction of sp³-hybridized carbons (Fsp3) is 0.385. The van der Waals surface area contributed by atoms with Gasteiger partial charge in [-0.15, -0.1) is 0 Å². The van der Waals surface area contributed by atoms with E-state index < -0.39 is 10.0 Å². The van der Waals surface area contributed by atoms with Crippen LogP contribution in [-0.2, 0) is 24.3 Å². The van der Waals surface area contributed by atoms with Gasteiger partial charge in [0.2, 0.25) is 21.8 Å². The highest BCUT2D eigenvalue weighted by atomic mass is 32.2. The van der Waals surface area contributed by atoms with Crippen molar-refractivity contribution in [3.63, 3.8) is 0 Å². The SMILES string of the molecule is Cc1ccc(S(=O)(=O)N2CCOCC2)cc1NC(=O)C1CCN(C(=O)C=Cc2ccccc2)CC1. The van der Waals surface area contributed by atoms with E-state index in [4.69, 9.17) is 4.74 Å². The Hall–Kier alpha value is -3.01. The minimum atomic E-state index is -3.65. The summed E-state index contributed by atoms with van der Waals surface area (Å²) in [5.41, 5.74) is 2.25. The van der Waals surface area contributed by atoms with Gasteiger partial charge in [-0.25, -0.2) is 8.42 Å². The third-order valence-corrected chi connectivity index (χ3v) is 8.36. The summed E-state index contributed by atoms with van der Waals surface area (Å²) in [5, 5.41) is 2.92. The molecule has 2 aromatic rings. The molecule has 1 N–H and O–H groups in total. The lowest BCUT2D eigenvalue weighted by Gasteiger charge is -2.31. The molecular weight excluding hydrogens is 466 g/mol. The molecule has 0 radical (unpaired) electrons. The van der Waals surface area contributed by atoms with Crippen LogP contribution < -0.4 is 5.32 Å². The number of carbonyl (C=O) groups excluding carboxylic acids is 2. The minimum absolute atomic E-state index is 0.0652. The number of morpholine rings is 1. The van der Waals surface area contributed by atoms with Crippen LogP contribution in [0, 0.1) is 12.8 Å². The van der Waals surface area contributed by atoms with Crippen molar-refractivity contribution in [3.8, 4) is 0 Å². The van der Waals surface area contributed by atoms with Crippen molar-refractivity contribution in [1.29, 1.82) is 0 Å². The summed E-state index contributed by atoms with van der Waals surface area (Å²) in [6.45, 7) is 4.21. The Morgan fingerprint density at radius 3 is 2.37 bits per heavy atom. The number of hydrogen-bond donors (Lipinski definition) is 1. The number of ether oxygens (including phenoxy) is 1. The van der Waals surface area contributed by atoms with Crippen molar-refractivity contribution in [3.05, 3.63) is 65.7 Å². The van der Waals surface area contributed by atoms with Crippen LogP contribution in [-0.4, -0.2) is 68.8 Å². The summed E-state index contributed by atoms with van der Waals surface area (Å²) in [4.78, 5) is 27.4. The Morgan fingerprint density at radius 2 is 1.69 bits per heavy atom. The number of piperidine rings is 1. The van der Waals surface area contributed by atoms with Crippen molar-refractivity contribution in [2.24, 2.45) is 5.92 Å². The van der Waals surface area contributed by atoms with E-state index in [1.807, 2.05) is 37.3 Å². The molecule has 2 heterocycles. The molecule has 9 heteroatoms. The first-order valence-corrected chi connectivity index (χ1v) is 13.3. The Bertz CT molecular complexity index is 1180. The topological polar surface area (TPSA) is 96.0 Å². The largest absolute Gasteiger partial charge is 0.379 e. The molecule has 35 heavy (non-hydrogen) atoms. The van der Waals surface area contributed by atoms with E-state index in [1.165, 1.54) is 10.4 Å². The van der Waals surface area contributed by atoms with Gasteiger partial charge in [-0.05, 0) is 49.1 Å². The normalized spacial score (nSPS) is 18.0. The first-order valence-electron chi connectivity index (χ1n) is 11.9. The highest BCUT2D eigenvalue weighted by Crippen LogP contribution is 2.26. The van der Waals surface area contributed by atoms with E-state index in [0.29, 0.717) is 57.9 Å². The van der Waals surface area contributed by atoms with Crippen LogP contribution >= 0.6 is 0 Å². The number of hydrogen-bond acceptors (Lipinski definition) is 5. The summed E-state index contributed by atoms with van der Waals surface area (Å²) in [5.74, 6) is -0.457. The number of amides is 2. The Kier molecular flexibility index (Phi) is 8.00. The lowest BCUT2D eigenvalue weighted by molar-refractivity contribution is -0.130. The number of anilines is 1. The Morgan fingerprint density at radius 1 is 1.00 bits per heavy atom. The molecule has 0 aliphatic carbocycles. The van der Waals surface area contributed by atoms with Crippen LogP contribution in [0.25, 0.3) is 6.08 Å². The number of likely N-dealkylation sites (tertiary alicyclic amines) is 1. The second-order valence-electron chi connectivity index (χ2n) is 8.83. The van der Waals surface area contributed by atoms with Gasteiger partial charge < -0.3 is 15.0 Å². The fourth-order valence-corrected chi connectivity index (χ4v) is 5.70. The molecule has 0 aromatic heterocycles. The molecule has 2 fully saturated rings. The molecule has 2 amide bonds. The van der Waals surface area contributed by atoms with Gasteiger partial charge in [0, 0.05) is 43.9 Å². The van der Waals surface area contributed by atoms with Gasteiger partial charge in [0.25, 0.3) is 0 Å². The summed E-state index contributed by atoms with van der Waals surface area (Å²) in [6.07, 6.45) is 4.48. The van der Waals surface area contributed by atoms with Crippen LogP contribution in [0.1, 0.15) is 24.0 Å². The Labute approximate surface area is 206 Å². The van der Waals surface area contributed by atoms with E-state index in [9.17, 15) is 18.0 Å². The number of sulfonamides is 1. The number of aryl methyl sites for hydroxylation is 1. The maximum absolute atomic E-state index is 13.0. The van der Waals surface area contributed by atoms with E-state index >= 15 is 0 Å². The fourth-order valence-electron chi connectivity index (χ4n) is 4.27. The van der Waals surface area contributed by atoms with Crippen LogP contribution in [0.5, 0.6) is 0 Å². The minimum Gasteiger partial charge on any atom is -0.379 e. The molecule has 0 spiro atoms. The molecule has 2 aliphatic heterocycles. The highest BCUT2D eigenvalue weighted by Gasteiger charge is 2.29. The number of benzene rings is 2. The van der Waals surface area contributed by atoms with E-state index in [-0.39, 0.29) is 22.6 Å². The zero-order valence-corrected chi connectivity index (χ0v) is 20.7. The number of carbonyl (C=O) groups is 2. The maximum atomic E-state index is 13.0. The lowest BCUT2D eigenvalue weighted by Crippen LogP contribution is -2.41. The molecular formula is C26H31N3O5S. The molecule has 0 unspecified atom stereocenters. The van der Waals surface area contributed by atoms with Crippen LogP contribution in [0.2, 0.25) is 0 Å². The second-order valence-corrected chi connectivity index (χ2v) is 10.8. The average molecular weight is 498 g/mol. The predicted octanol–water partition coefficient (Wildman–Crippen LogP) is 2.91. The summed E-state index contributed by atoms with van der Waals surface area (Å²) < 4.78 is 32.7. The molecule has 0 atom stereocenters. The molecule has 4 rings (SSSR count). The summed E-state index contributed by atoms with van der Waals surface area (Å²) in [7, 11) is -3.65. The monoisotopic (exact) mass is 497 g/mol. The van der Waals surface area contributed by atoms with Gasteiger partial charge in [0.05, 0.1) is 18.1 Å². The van der Waals surface area contributed by atoms with E-state index in [1.54, 1.807) is 29.2 Å². The third-order valence-electron chi connectivity index (χ3n) is 6.47. The summed E-state index contributed by atoms with van der Waals surface area (Å²) in [6, 6.07) is 14.5. The smallest absolute Gasteiger partial charge is 0.246 e. The maximum Gasteiger partial charge on any atom is 0.246 e. The van der Waals surface area contributed by atoms with Gasteiger partial charge in [-0.3, -0.25) is 9.59 Å². The number of rotatable bonds is 6. The first kappa shape index (κ1) is 25.1. The molecule has 2 aliphatic rings. The van der Waals surface area contributed by atoms with Crippen LogP contribution in [0.4, 0.5) is 5.69 Å². The van der Waals surface area contributed by atoms with Gasteiger partial charge in [0.1, 0.15) is 0 Å². The third kappa shape index (κ3) is 6.17. The average Bonchev–Trinajstić information content (AvgIpc) is 2.89. The molecule has 186 valence electrons. The number of nitrogens with zero attached hydrogens (tertiary/aromatic N) is 2. The quantitative estimate of drug-likeness (QED) is 0.619. The van der Waals surface area contributed by atoms with Gasteiger partial charge in [0.15, 0.2) is 0 Å². The van der Waals surface area contributed by atoms with Crippen molar-refractivity contribution < 1.29 is 22.7 Å².